The SMILES string of the molecule is Cc1nc2ccccc2c(=O)n1/N=C/c1cc(C(C)(C)C)c(O)c(C(C)(C)C)c1. The van der Waals surface area contributed by atoms with E-state index in [0.29, 0.717) is 22.5 Å². The zero-order valence-electron chi connectivity index (χ0n) is 18.2. The van der Waals surface area contributed by atoms with E-state index in [9.17, 15) is 9.90 Å². The van der Waals surface area contributed by atoms with Gasteiger partial charge in [0.1, 0.15) is 11.6 Å². The van der Waals surface area contributed by atoms with E-state index in [4.69, 9.17) is 0 Å². The Morgan fingerprint density at radius 1 is 1.00 bits per heavy atom. The number of rotatable bonds is 2. The van der Waals surface area contributed by atoms with Gasteiger partial charge in [-0.05, 0) is 47.6 Å². The standard InChI is InChI=1S/C24H29N3O2/c1-15-26-20-11-9-8-10-17(20)22(29)27(15)25-14-16-12-18(23(2,3)4)21(28)19(13-16)24(5,6)7/h8-14,28H,1-7H3/b25-14+. The fourth-order valence-corrected chi connectivity index (χ4v) is 3.37. The van der Waals surface area contributed by atoms with E-state index in [1.807, 2.05) is 30.3 Å². The molecular weight excluding hydrogens is 362 g/mol. The molecule has 2 aromatic carbocycles. The second kappa shape index (κ2) is 7.14. The molecule has 1 heterocycles. The summed E-state index contributed by atoms with van der Waals surface area (Å²) in [6, 6.07) is 11.1. The summed E-state index contributed by atoms with van der Waals surface area (Å²) in [5, 5.41) is 15.8. The van der Waals surface area contributed by atoms with Gasteiger partial charge in [-0.25, -0.2) is 4.98 Å². The summed E-state index contributed by atoms with van der Waals surface area (Å²) < 4.78 is 1.32. The minimum atomic E-state index is -0.231. The highest BCUT2D eigenvalue weighted by atomic mass is 16.3. The molecule has 0 spiro atoms. The fourth-order valence-electron chi connectivity index (χ4n) is 3.37. The van der Waals surface area contributed by atoms with Crippen LogP contribution in [0.4, 0.5) is 0 Å². The smallest absolute Gasteiger partial charge is 0.282 e. The summed E-state index contributed by atoms with van der Waals surface area (Å²) in [6.45, 7) is 14.2. The zero-order chi connectivity index (χ0) is 21.6. The molecule has 152 valence electrons. The Bertz CT molecular complexity index is 1120. The van der Waals surface area contributed by atoms with Crippen molar-refractivity contribution in [3.8, 4) is 5.75 Å². The van der Waals surface area contributed by atoms with Gasteiger partial charge in [-0.15, -0.1) is 0 Å². The lowest BCUT2D eigenvalue weighted by Gasteiger charge is -2.27. The molecule has 0 aliphatic carbocycles. The van der Waals surface area contributed by atoms with Crippen LogP contribution in [0.3, 0.4) is 0 Å². The predicted molar refractivity (Wildman–Crippen MR) is 119 cm³/mol. The van der Waals surface area contributed by atoms with Crippen LogP contribution in [-0.2, 0) is 10.8 Å². The molecule has 0 saturated heterocycles. The van der Waals surface area contributed by atoms with Crippen LogP contribution in [0, 0.1) is 6.92 Å². The number of aryl methyl sites for hydroxylation is 1. The highest BCUT2D eigenvalue weighted by Crippen LogP contribution is 2.39. The van der Waals surface area contributed by atoms with Gasteiger partial charge in [-0.3, -0.25) is 4.79 Å². The van der Waals surface area contributed by atoms with Crippen LogP contribution in [0.5, 0.6) is 5.75 Å². The lowest BCUT2D eigenvalue weighted by molar-refractivity contribution is 0.423. The van der Waals surface area contributed by atoms with Gasteiger partial charge in [0.15, 0.2) is 0 Å². The average molecular weight is 392 g/mol. The van der Waals surface area contributed by atoms with Crippen molar-refractivity contribution in [3.05, 3.63) is 69.3 Å². The molecule has 0 saturated carbocycles. The number of hydrogen-bond acceptors (Lipinski definition) is 4. The highest BCUT2D eigenvalue weighted by Gasteiger charge is 2.26. The molecule has 0 bridgehead atoms. The Morgan fingerprint density at radius 2 is 1.55 bits per heavy atom. The largest absolute Gasteiger partial charge is 0.507 e. The molecule has 3 aromatic rings. The molecule has 29 heavy (non-hydrogen) atoms. The average Bonchev–Trinajstić information content (AvgIpc) is 2.60. The number of nitrogens with zero attached hydrogens (tertiary/aromatic N) is 3. The van der Waals surface area contributed by atoms with Gasteiger partial charge < -0.3 is 5.11 Å². The summed E-state index contributed by atoms with van der Waals surface area (Å²) >= 11 is 0. The Labute approximate surface area is 171 Å². The van der Waals surface area contributed by atoms with E-state index in [2.05, 4.69) is 51.6 Å². The Balaban J connectivity index is 2.17. The van der Waals surface area contributed by atoms with E-state index >= 15 is 0 Å². The second-order valence-corrected chi connectivity index (χ2v) is 9.50. The normalized spacial score (nSPS) is 12.8. The van der Waals surface area contributed by atoms with Crippen LogP contribution in [0.25, 0.3) is 10.9 Å². The summed E-state index contributed by atoms with van der Waals surface area (Å²) in [5.74, 6) is 0.846. The van der Waals surface area contributed by atoms with Crippen molar-refractivity contribution in [1.82, 2.24) is 9.66 Å². The first-order valence-electron chi connectivity index (χ1n) is 9.80. The summed E-state index contributed by atoms with van der Waals surface area (Å²) in [4.78, 5) is 17.3. The van der Waals surface area contributed by atoms with E-state index < -0.39 is 0 Å². The third-order valence-electron chi connectivity index (χ3n) is 4.99. The molecular formula is C24H29N3O2. The summed E-state index contributed by atoms with van der Waals surface area (Å²) in [6.07, 6.45) is 1.66. The maximum absolute atomic E-state index is 12.8. The Kier molecular flexibility index (Phi) is 5.11. The summed E-state index contributed by atoms with van der Waals surface area (Å²) in [5.41, 5.74) is 2.54. The van der Waals surface area contributed by atoms with Crippen molar-refractivity contribution < 1.29 is 5.11 Å². The third kappa shape index (κ3) is 4.09. The van der Waals surface area contributed by atoms with Crippen molar-refractivity contribution >= 4 is 17.1 Å². The predicted octanol–water partition coefficient (Wildman–Crippen LogP) is 4.89. The van der Waals surface area contributed by atoms with E-state index in [1.165, 1.54) is 4.68 Å². The van der Waals surface area contributed by atoms with Gasteiger partial charge in [-0.2, -0.15) is 9.78 Å². The van der Waals surface area contributed by atoms with Crippen LogP contribution in [0.2, 0.25) is 0 Å². The van der Waals surface area contributed by atoms with Crippen LogP contribution in [0.1, 0.15) is 64.1 Å². The first-order chi connectivity index (χ1) is 13.4. The van der Waals surface area contributed by atoms with E-state index in [-0.39, 0.29) is 16.4 Å². The number of para-hydroxylation sites is 1. The molecule has 5 heteroatoms. The van der Waals surface area contributed by atoms with Crippen LogP contribution in [0.15, 0.2) is 46.3 Å². The van der Waals surface area contributed by atoms with Gasteiger partial charge in [0.25, 0.3) is 5.56 Å². The van der Waals surface area contributed by atoms with Crippen LogP contribution >= 0.6 is 0 Å². The molecule has 1 aromatic heterocycles. The Hall–Kier alpha value is -2.95. The lowest BCUT2D eigenvalue weighted by atomic mass is 9.78. The van der Waals surface area contributed by atoms with E-state index in [1.54, 1.807) is 19.2 Å². The number of aromatic nitrogens is 2. The van der Waals surface area contributed by atoms with Crippen LogP contribution in [-0.4, -0.2) is 21.0 Å². The number of benzene rings is 2. The first-order valence-corrected chi connectivity index (χ1v) is 9.80. The van der Waals surface area contributed by atoms with Crippen molar-refractivity contribution in [2.75, 3.05) is 0 Å². The number of aromatic hydroxyl groups is 1. The van der Waals surface area contributed by atoms with Gasteiger partial charge >= 0.3 is 0 Å². The minimum Gasteiger partial charge on any atom is -0.507 e. The number of phenols is 1. The zero-order valence-corrected chi connectivity index (χ0v) is 18.2. The molecule has 0 fully saturated rings. The molecule has 0 atom stereocenters. The monoisotopic (exact) mass is 391 g/mol. The topological polar surface area (TPSA) is 67.5 Å². The van der Waals surface area contributed by atoms with Gasteiger partial charge in [-0.1, -0.05) is 53.7 Å². The number of fused-ring (bicyclic) bond motifs is 1. The van der Waals surface area contributed by atoms with Gasteiger partial charge in [0.2, 0.25) is 0 Å². The van der Waals surface area contributed by atoms with Crippen molar-refractivity contribution in [2.24, 2.45) is 5.10 Å². The van der Waals surface area contributed by atoms with E-state index in [0.717, 1.165) is 16.7 Å². The minimum absolute atomic E-state index is 0.199. The van der Waals surface area contributed by atoms with Crippen molar-refractivity contribution in [1.29, 1.82) is 0 Å². The number of hydrogen-bond donors (Lipinski definition) is 1. The first kappa shape index (κ1) is 20.8. The molecule has 0 amide bonds. The molecule has 0 unspecified atom stereocenters. The quantitative estimate of drug-likeness (QED) is 0.633. The lowest BCUT2D eigenvalue weighted by Crippen LogP contribution is -2.21. The summed E-state index contributed by atoms with van der Waals surface area (Å²) in [7, 11) is 0. The maximum atomic E-state index is 12.8. The Morgan fingerprint density at radius 3 is 2.10 bits per heavy atom. The van der Waals surface area contributed by atoms with Crippen molar-refractivity contribution in [2.45, 2.75) is 59.3 Å². The highest BCUT2D eigenvalue weighted by molar-refractivity contribution is 5.82. The molecule has 0 aliphatic heterocycles. The molecule has 0 aliphatic rings. The van der Waals surface area contributed by atoms with Gasteiger partial charge in [0, 0.05) is 11.1 Å². The second-order valence-electron chi connectivity index (χ2n) is 9.50. The maximum Gasteiger partial charge on any atom is 0.282 e. The van der Waals surface area contributed by atoms with Crippen LogP contribution < -0.4 is 5.56 Å². The molecule has 5 nitrogen and oxygen atoms in total. The molecule has 3 rings (SSSR count). The molecule has 1 N–H and O–H groups in total. The fraction of sp³-hybridized carbons (Fsp3) is 0.375. The molecule has 0 radical (unpaired) electrons. The third-order valence-corrected chi connectivity index (χ3v) is 4.99. The van der Waals surface area contributed by atoms with Crippen molar-refractivity contribution in [3.63, 3.8) is 0 Å². The van der Waals surface area contributed by atoms with Gasteiger partial charge in [0.05, 0.1) is 17.1 Å². The number of phenolic OH excluding ortho intramolecular Hbond substituents is 1.